The molecule has 20 heavy (non-hydrogen) atoms. The average molecular weight is 283 g/mol. The predicted molar refractivity (Wildman–Crippen MR) is 82.2 cm³/mol. The number of imidazole rings is 1. The lowest BCUT2D eigenvalue weighted by atomic mass is 10.3. The Morgan fingerprint density at radius 3 is 2.90 bits per heavy atom. The zero-order chi connectivity index (χ0) is 13.7. The highest BCUT2D eigenvalue weighted by atomic mass is 32.1. The lowest BCUT2D eigenvalue weighted by molar-refractivity contribution is 0.637. The van der Waals surface area contributed by atoms with E-state index in [0.29, 0.717) is 5.96 Å². The summed E-state index contributed by atoms with van der Waals surface area (Å²) in [4.78, 5) is 11.6. The van der Waals surface area contributed by atoms with Crippen LogP contribution in [0.1, 0.15) is 15.9 Å². The maximum Gasteiger partial charge on any atom is 0.212 e. The largest absolute Gasteiger partial charge is 0.370 e. The van der Waals surface area contributed by atoms with Crippen molar-refractivity contribution in [3.63, 3.8) is 0 Å². The minimum Gasteiger partial charge on any atom is -0.370 e. The van der Waals surface area contributed by atoms with Gasteiger partial charge in [0.2, 0.25) is 5.95 Å². The van der Waals surface area contributed by atoms with E-state index in [2.05, 4.69) is 45.0 Å². The van der Waals surface area contributed by atoms with Crippen LogP contribution in [0, 0.1) is 6.92 Å². The molecule has 1 unspecified atom stereocenters. The number of guanidine groups is 1. The zero-order valence-electron chi connectivity index (χ0n) is 10.9. The van der Waals surface area contributed by atoms with Crippen molar-refractivity contribution < 1.29 is 0 Å². The van der Waals surface area contributed by atoms with Crippen molar-refractivity contribution >= 4 is 34.3 Å². The second-order valence-corrected chi connectivity index (χ2v) is 6.08. The summed E-state index contributed by atoms with van der Waals surface area (Å²) in [5.74, 6) is 1.15. The van der Waals surface area contributed by atoms with Crippen molar-refractivity contribution in [2.24, 2.45) is 10.7 Å². The summed E-state index contributed by atoms with van der Waals surface area (Å²) in [6.45, 7) is 2.09. The summed E-state index contributed by atoms with van der Waals surface area (Å²) in [5, 5.41) is 3.04. The number of benzene rings is 1. The molecule has 1 atom stereocenters. The van der Waals surface area contributed by atoms with Crippen LogP contribution in [0.25, 0.3) is 11.0 Å². The van der Waals surface area contributed by atoms with Gasteiger partial charge in [0.05, 0.1) is 11.0 Å². The van der Waals surface area contributed by atoms with Crippen LogP contribution in [0.15, 0.2) is 41.4 Å². The molecule has 1 aromatic carbocycles. The van der Waals surface area contributed by atoms with Gasteiger partial charge in [-0.05, 0) is 31.2 Å². The number of hydrogen-bond donors (Lipinski definition) is 2. The number of rotatable bonds is 1. The van der Waals surface area contributed by atoms with Gasteiger partial charge >= 0.3 is 0 Å². The summed E-state index contributed by atoms with van der Waals surface area (Å²) < 4.78 is 2.09. The number of nitrogens with two attached hydrogens (primary N) is 1. The van der Waals surface area contributed by atoms with Crippen LogP contribution >= 0.6 is 11.3 Å². The Hall–Kier alpha value is -2.34. The van der Waals surface area contributed by atoms with E-state index in [9.17, 15) is 0 Å². The maximum absolute atomic E-state index is 5.90. The Morgan fingerprint density at radius 1 is 1.25 bits per heavy atom. The summed E-state index contributed by atoms with van der Waals surface area (Å²) in [6.07, 6.45) is -0.141. The van der Waals surface area contributed by atoms with Crippen LogP contribution in [0.2, 0.25) is 0 Å². The summed E-state index contributed by atoms with van der Waals surface area (Å²) in [5.41, 5.74) is 7.90. The summed E-state index contributed by atoms with van der Waals surface area (Å²) in [7, 11) is 0. The lowest BCUT2D eigenvalue weighted by Gasteiger charge is -2.22. The third-order valence-corrected chi connectivity index (χ3v) is 4.40. The van der Waals surface area contributed by atoms with Gasteiger partial charge in [0.15, 0.2) is 12.1 Å². The highest BCUT2D eigenvalue weighted by Gasteiger charge is 2.25. The molecule has 2 aromatic heterocycles. The van der Waals surface area contributed by atoms with Gasteiger partial charge in [-0.3, -0.25) is 9.88 Å². The first-order valence-corrected chi connectivity index (χ1v) is 7.17. The van der Waals surface area contributed by atoms with E-state index in [0.717, 1.165) is 21.9 Å². The monoisotopic (exact) mass is 283 g/mol. The van der Waals surface area contributed by atoms with Crippen molar-refractivity contribution in [3.8, 4) is 0 Å². The van der Waals surface area contributed by atoms with E-state index >= 15 is 0 Å². The fourth-order valence-electron chi connectivity index (χ4n) is 2.50. The number of hydrogen-bond acceptors (Lipinski definition) is 5. The molecule has 1 aliphatic heterocycles. The molecular formula is C14H13N5S. The smallest absolute Gasteiger partial charge is 0.212 e. The van der Waals surface area contributed by atoms with Gasteiger partial charge in [-0.25, -0.2) is 9.98 Å². The van der Waals surface area contributed by atoms with Gasteiger partial charge in [0.25, 0.3) is 0 Å². The van der Waals surface area contributed by atoms with Crippen LogP contribution in [0.3, 0.4) is 0 Å². The van der Waals surface area contributed by atoms with E-state index in [1.165, 1.54) is 4.88 Å². The van der Waals surface area contributed by atoms with Gasteiger partial charge in [-0.2, -0.15) is 0 Å². The zero-order valence-corrected chi connectivity index (χ0v) is 11.7. The number of anilines is 1. The van der Waals surface area contributed by atoms with E-state index in [1.807, 2.05) is 18.2 Å². The average Bonchev–Trinajstić information content (AvgIpc) is 3.00. The molecule has 4 rings (SSSR count). The van der Waals surface area contributed by atoms with Crippen LogP contribution in [0.5, 0.6) is 0 Å². The first-order valence-electron chi connectivity index (χ1n) is 6.36. The van der Waals surface area contributed by atoms with Crippen LogP contribution in [0.4, 0.5) is 5.95 Å². The van der Waals surface area contributed by atoms with Gasteiger partial charge in [-0.1, -0.05) is 12.1 Å². The SMILES string of the molecule is Cc1ccc(C2N=C(N)Nc3nc4ccccc4n32)s1. The Bertz CT molecular complexity index is 829. The molecule has 100 valence electrons. The first kappa shape index (κ1) is 11.5. The molecule has 0 aliphatic carbocycles. The fraction of sp³-hybridized carbons (Fsp3) is 0.143. The number of nitrogens with one attached hydrogen (secondary N) is 1. The molecule has 0 radical (unpaired) electrons. The topological polar surface area (TPSA) is 68.2 Å². The first-order chi connectivity index (χ1) is 9.72. The van der Waals surface area contributed by atoms with Gasteiger partial charge < -0.3 is 5.73 Å². The van der Waals surface area contributed by atoms with E-state index in [4.69, 9.17) is 5.73 Å². The molecule has 5 nitrogen and oxygen atoms in total. The highest BCUT2D eigenvalue weighted by Crippen LogP contribution is 2.34. The van der Waals surface area contributed by atoms with Crippen LogP contribution in [-0.2, 0) is 0 Å². The number of fused-ring (bicyclic) bond motifs is 3. The molecule has 0 fully saturated rings. The van der Waals surface area contributed by atoms with Crippen LogP contribution in [-0.4, -0.2) is 15.5 Å². The molecule has 0 saturated heterocycles. The molecule has 0 spiro atoms. The molecule has 3 aromatic rings. The normalized spacial score (nSPS) is 17.6. The van der Waals surface area contributed by atoms with E-state index in [-0.39, 0.29) is 6.17 Å². The number of para-hydroxylation sites is 2. The quantitative estimate of drug-likeness (QED) is 0.721. The van der Waals surface area contributed by atoms with Crippen molar-refractivity contribution in [1.82, 2.24) is 9.55 Å². The molecule has 0 saturated carbocycles. The summed E-state index contributed by atoms with van der Waals surface area (Å²) >= 11 is 1.73. The minimum absolute atomic E-state index is 0.141. The molecule has 6 heteroatoms. The van der Waals surface area contributed by atoms with E-state index < -0.39 is 0 Å². The number of aryl methyl sites for hydroxylation is 1. The van der Waals surface area contributed by atoms with Crippen molar-refractivity contribution in [1.29, 1.82) is 0 Å². The second kappa shape index (κ2) is 4.08. The van der Waals surface area contributed by atoms with Crippen molar-refractivity contribution in [3.05, 3.63) is 46.2 Å². The van der Waals surface area contributed by atoms with Crippen LogP contribution < -0.4 is 11.1 Å². The maximum atomic E-state index is 5.90. The lowest BCUT2D eigenvalue weighted by Crippen LogP contribution is -2.31. The Labute approximate surface area is 119 Å². The van der Waals surface area contributed by atoms with Crippen molar-refractivity contribution in [2.75, 3.05) is 5.32 Å². The van der Waals surface area contributed by atoms with Gasteiger partial charge in [0, 0.05) is 9.75 Å². The predicted octanol–water partition coefficient (Wildman–Crippen LogP) is 2.69. The van der Waals surface area contributed by atoms with Gasteiger partial charge in [0.1, 0.15) is 0 Å². The Kier molecular flexibility index (Phi) is 2.34. The second-order valence-electron chi connectivity index (χ2n) is 4.76. The molecular weight excluding hydrogens is 270 g/mol. The highest BCUT2D eigenvalue weighted by molar-refractivity contribution is 7.12. The molecule has 0 bridgehead atoms. The van der Waals surface area contributed by atoms with Crippen molar-refractivity contribution in [2.45, 2.75) is 13.1 Å². The Balaban J connectivity index is 1.98. The number of aromatic nitrogens is 2. The fourth-order valence-corrected chi connectivity index (χ4v) is 3.41. The Morgan fingerprint density at radius 2 is 2.10 bits per heavy atom. The number of nitrogens with zero attached hydrogens (tertiary/aromatic N) is 3. The molecule has 3 heterocycles. The third-order valence-electron chi connectivity index (χ3n) is 3.36. The molecule has 1 aliphatic rings. The third kappa shape index (κ3) is 1.61. The number of thiophene rings is 1. The summed E-state index contributed by atoms with van der Waals surface area (Å²) in [6, 6.07) is 12.2. The standard InChI is InChI=1S/C14H13N5S/c1-8-6-7-11(20-8)12-17-13(15)18-14-16-9-4-2-3-5-10(9)19(12)14/h2-7,12H,1H3,(H3,15,16,17,18). The van der Waals surface area contributed by atoms with Gasteiger partial charge in [-0.15, -0.1) is 11.3 Å². The molecule has 3 N–H and O–H groups in total. The molecule has 0 amide bonds. The van der Waals surface area contributed by atoms with E-state index in [1.54, 1.807) is 11.3 Å². The minimum atomic E-state index is -0.141. The number of aliphatic imine (C=N–C) groups is 1.